The molecule has 3 N–H and O–H groups in total. The molecule has 0 bridgehead atoms. The van der Waals surface area contributed by atoms with Crippen LogP contribution in [0.4, 0.5) is 0 Å². The van der Waals surface area contributed by atoms with E-state index >= 15 is 0 Å². The maximum absolute atomic E-state index is 12.9. The maximum Gasteiger partial charge on any atom is 0.472 e. The van der Waals surface area contributed by atoms with Crippen molar-refractivity contribution in [3.05, 3.63) is 36.5 Å². The van der Waals surface area contributed by atoms with Gasteiger partial charge in [-0.1, -0.05) is 217 Å². The van der Waals surface area contributed by atoms with Crippen molar-refractivity contribution < 1.29 is 32.9 Å². The zero-order valence-corrected chi connectivity index (χ0v) is 42.5. The number of hydrogen-bond donors (Lipinski definition) is 3. The Morgan fingerprint density at radius 2 is 0.887 bits per heavy atom. The van der Waals surface area contributed by atoms with Crippen molar-refractivity contribution in [1.82, 2.24) is 5.32 Å². The first-order valence-electron chi connectivity index (χ1n) is 26.4. The molecule has 0 saturated carbocycles. The molecule has 8 nitrogen and oxygen atoms in total. The predicted octanol–water partition coefficient (Wildman–Crippen LogP) is 15.4. The SMILES string of the molecule is CCCCCCC/C=C/CC/C=C/C(O)C(COP(=O)(O)OCC[N+](C)(C)C)NC(=O)CCCCCCCCCCCCCCCCCCC/C=C\CCCCCCCCCC. The Kier molecular flexibility index (Phi) is 44.0. The van der Waals surface area contributed by atoms with Crippen LogP contribution in [0.5, 0.6) is 0 Å². The summed E-state index contributed by atoms with van der Waals surface area (Å²) in [6.45, 7) is 4.78. The van der Waals surface area contributed by atoms with Gasteiger partial charge in [0.1, 0.15) is 13.2 Å². The van der Waals surface area contributed by atoms with Crippen LogP contribution in [0.2, 0.25) is 0 Å². The first kappa shape index (κ1) is 60.7. The molecular weight excluding hydrogens is 792 g/mol. The molecular formula is C53H104N2O6P+. The average molecular weight is 896 g/mol. The highest BCUT2D eigenvalue weighted by Crippen LogP contribution is 2.43. The average Bonchev–Trinajstić information content (AvgIpc) is 3.23. The van der Waals surface area contributed by atoms with Gasteiger partial charge in [-0.3, -0.25) is 13.8 Å². The van der Waals surface area contributed by atoms with Crippen LogP contribution in [0.1, 0.15) is 245 Å². The van der Waals surface area contributed by atoms with E-state index in [0.29, 0.717) is 17.4 Å². The number of unbranched alkanes of at least 4 members (excludes halogenated alkanes) is 31. The maximum atomic E-state index is 12.9. The van der Waals surface area contributed by atoms with E-state index < -0.39 is 20.0 Å². The van der Waals surface area contributed by atoms with Crippen molar-refractivity contribution >= 4 is 13.7 Å². The Bertz CT molecular complexity index is 1110. The second-order valence-corrected chi connectivity index (χ2v) is 20.7. The zero-order valence-electron chi connectivity index (χ0n) is 41.6. The number of nitrogens with one attached hydrogen (secondary N) is 1. The van der Waals surface area contributed by atoms with Gasteiger partial charge in [-0.15, -0.1) is 0 Å². The van der Waals surface area contributed by atoms with Gasteiger partial charge in [-0.05, 0) is 57.8 Å². The number of amides is 1. The lowest BCUT2D eigenvalue weighted by atomic mass is 10.0. The van der Waals surface area contributed by atoms with Crippen LogP contribution in [-0.4, -0.2) is 73.4 Å². The van der Waals surface area contributed by atoms with Crippen LogP contribution < -0.4 is 5.32 Å². The third kappa shape index (κ3) is 46.7. The smallest absolute Gasteiger partial charge is 0.387 e. The molecule has 0 saturated heterocycles. The highest BCUT2D eigenvalue weighted by Gasteiger charge is 2.27. The van der Waals surface area contributed by atoms with Crippen LogP contribution in [-0.2, 0) is 18.4 Å². The molecule has 0 aromatic rings. The van der Waals surface area contributed by atoms with Gasteiger partial charge in [0.05, 0.1) is 39.9 Å². The summed E-state index contributed by atoms with van der Waals surface area (Å²) in [5, 5.41) is 13.8. The third-order valence-electron chi connectivity index (χ3n) is 11.8. The molecule has 0 heterocycles. The number of aliphatic hydroxyl groups is 1. The van der Waals surface area contributed by atoms with Crippen LogP contribution in [0.15, 0.2) is 36.5 Å². The van der Waals surface area contributed by atoms with Crippen molar-refractivity contribution in [3.63, 3.8) is 0 Å². The number of likely N-dealkylation sites (N-methyl/N-ethyl adjacent to an activating group) is 1. The highest BCUT2D eigenvalue weighted by molar-refractivity contribution is 7.47. The van der Waals surface area contributed by atoms with E-state index in [0.717, 1.165) is 38.5 Å². The molecule has 0 radical (unpaired) electrons. The van der Waals surface area contributed by atoms with Crippen molar-refractivity contribution in [2.24, 2.45) is 0 Å². The molecule has 0 spiro atoms. The summed E-state index contributed by atoms with van der Waals surface area (Å²) in [6, 6.07) is -0.860. The zero-order chi connectivity index (χ0) is 45.7. The standard InChI is InChI=1S/C53H103N2O6P/c1-6-8-10-12-14-16-18-19-20-21-22-23-24-25-26-27-28-29-30-31-32-33-34-35-37-39-41-43-45-47-53(57)54-51(50-61-62(58,59)60-49-48-55(3,4)5)52(56)46-44-42-40-38-36-17-15-13-11-9-7-2/h21-22,36,38,44,46,51-52,56H,6-20,23-35,37,39-43,45,47-50H2,1-5H3,(H-,54,57,58,59)/p+1/b22-21-,38-36+,46-44+. The minimum Gasteiger partial charge on any atom is -0.387 e. The Balaban J connectivity index is 4.06. The first-order valence-corrected chi connectivity index (χ1v) is 27.9. The van der Waals surface area contributed by atoms with Gasteiger partial charge < -0.3 is 19.8 Å². The van der Waals surface area contributed by atoms with Gasteiger partial charge >= 0.3 is 7.82 Å². The third-order valence-corrected chi connectivity index (χ3v) is 12.8. The number of allylic oxidation sites excluding steroid dienone is 5. The second kappa shape index (κ2) is 44.9. The molecule has 0 aromatic heterocycles. The number of hydrogen-bond acceptors (Lipinski definition) is 5. The van der Waals surface area contributed by atoms with Gasteiger partial charge in [0, 0.05) is 6.42 Å². The van der Waals surface area contributed by atoms with Crippen molar-refractivity contribution in [2.75, 3.05) is 40.9 Å². The molecule has 3 unspecified atom stereocenters. The van der Waals surface area contributed by atoms with E-state index in [9.17, 15) is 19.4 Å². The summed E-state index contributed by atoms with van der Waals surface area (Å²) in [7, 11) is 1.56. The molecule has 0 rings (SSSR count). The lowest BCUT2D eigenvalue weighted by Crippen LogP contribution is -2.45. The first-order chi connectivity index (χ1) is 30.0. The van der Waals surface area contributed by atoms with Crippen LogP contribution in [0, 0.1) is 0 Å². The van der Waals surface area contributed by atoms with E-state index in [4.69, 9.17) is 9.05 Å². The summed E-state index contributed by atoms with van der Waals surface area (Å²) < 4.78 is 23.6. The molecule has 0 aliphatic heterocycles. The summed E-state index contributed by atoms with van der Waals surface area (Å²) in [4.78, 5) is 23.2. The van der Waals surface area contributed by atoms with Crippen molar-refractivity contribution in [1.29, 1.82) is 0 Å². The molecule has 62 heavy (non-hydrogen) atoms. The number of carbonyl (C=O) groups is 1. The summed E-state index contributed by atoms with van der Waals surface area (Å²) in [5.74, 6) is -0.186. The quantitative estimate of drug-likeness (QED) is 0.0243. The number of nitrogens with zero attached hydrogens (tertiary/aromatic N) is 1. The van der Waals surface area contributed by atoms with E-state index in [1.54, 1.807) is 6.08 Å². The summed E-state index contributed by atoms with van der Waals surface area (Å²) >= 11 is 0. The molecule has 0 aliphatic carbocycles. The van der Waals surface area contributed by atoms with Crippen LogP contribution in [0.25, 0.3) is 0 Å². The minimum atomic E-state index is -4.34. The van der Waals surface area contributed by atoms with Gasteiger partial charge in [0.15, 0.2) is 0 Å². The summed E-state index contributed by atoms with van der Waals surface area (Å²) in [6.07, 6.45) is 56.8. The minimum absolute atomic E-state index is 0.0570. The van der Waals surface area contributed by atoms with Gasteiger partial charge in [0.25, 0.3) is 0 Å². The van der Waals surface area contributed by atoms with Crippen LogP contribution >= 0.6 is 7.82 Å². The molecule has 366 valence electrons. The van der Waals surface area contributed by atoms with Gasteiger partial charge in [-0.2, -0.15) is 0 Å². The second-order valence-electron chi connectivity index (χ2n) is 19.2. The van der Waals surface area contributed by atoms with Crippen LogP contribution in [0.3, 0.4) is 0 Å². The number of quaternary nitrogens is 1. The van der Waals surface area contributed by atoms with E-state index in [1.165, 1.54) is 186 Å². The Morgan fingerprint density at radius 3 is 1.29 bits per heavy atom. The number of carbonyl (C=O) groups excluding carboxylic acids is 1. The molecule has 1 amide bonds. The molecule has 0 fully saturated rings. The largest absolute Gasteiger partial charge is 0.472 e. The van der Waals surface area contributed by atoms with E-state index in [-0.39, 0.29) is 19.1 Å². The van der Waals surface area contributed by atoms with Gasteiger partial charge in [0.2, 0.25) is 5.91 Å². The fourth-order valence-corrected chi connectivity index (χ4v) is 8.38. The number of aliphatic hydroxyl groups excluding tert-OH is 1. The Morgan fingerprint density at radius 1 is 0.532 bits per heavy atom. The molecule has 0 aromatic carbocycles. The lowest BCUT2D eigenvalue weighted by Gasteiger charge is -2.25. The number of phosphoric acid groups is 1. The number of phosphoric ester groups is 1. The van der Waals surface area contributed by atoms with Gasteiger partial charge in [-0.25, -0.2) is 4.57 Å². The predicted molar refractivity (Wildman–Crippen MR) is 268 cm³/mol. The fourth-order valence-electron chi connectivity index (χ4n) is 7.64. The normalized spacial score (nSPS) is 14.4. The molecule has 0 aliphatic rings. The Hall–Kier alpha value is -1.28. The monoisotopic (exact) mass is 896 g/mol. The Labute approximate surface area is 385 Å². The van der Waals surface area contributed by atoms with E-state index in [1.807, 2.05) is 27.2 Å². The lowest BCUT2D eigenvalue weighted by molar-refractivity contribution is -0.870. The molecule has 3 atom stereocenters. The van der Waals surface area contributed by atoms with Crippen molar-refractivity contribution in [2.45, 2.75) is 257 Å². The summed E-state index contributed by atoms with van der Waals surface area (Å²) in [5.41, 5.74) is 0. The fraction of sp³-hybridized carbons (Fsp3) is 0.868. The highest BCUT2D eigenvalue weighted by atomic mass is 31.2. The topological polar surface area (TPSA) is 105 Å². The van der Waals surface area contributed by atoms with E-state index in [2.05, 4.69) is 43.5 Å². The number of rotatable bonds is 48. The molecule has 9 heteroatoms. The van der Waals surface area contributed by atoms with Crippen molar-refractivity contribution in [3.8, 4) is 0 Å².